The van der Waals surface area contributed by atoms with Crippen molar-refractivity contribution in [2.75, 3.05) is 19.0 Å². The Labute approximate surface area is 189 Å². The molecule has 0 aliphatic heterocycles. The van der Waals surface area contributed by atoms with Gasteiger partial charge in [-0.15, -0.1) is 0 Å². The molecular weight excluding hydrogens is 425 g/mol. The minimum atomic E-state index is -0.366. The highest BCUT2D eigenvalue weighted by Gasteiger charge is 2.17. The van der Waals surface area contributed by atoms with Gasteiger partial charge in [-0.25, -0.2) is 9.18 Å². The van der Waals surface area contributed by atoms with Crippen LogP contribution in [-0.4, -0.2) is 39.4 Å². The van der Waals surface area contributed by atoms with Crippen LogP contribution in [0, 0.1) is 5.82 Å². The van der Waals surface area contributed by atoms with Crippen molar-refractivity contribution in [2.45, 2.75) is 13.0 Å². The lowest BCUT2D eigenvalue weighted by molar-refractivity contribution is 0.209. The molecule has 0 atom stereocenters. The first kappa shape index (κ1) is 22.1. The van der Waals surface area contributed by atoms with E-state index >= 15 is 0 Å². The van der Waals surface area contributed by atoms with Crippen molar-refractivity contribution >= 4 is 22.6 Å². The number of fused-ring (bicyclic) bond motifs is 1. The number of aromatic amines is 1. The number of H-pyrrole nitrogens is 1. The normalized spacial score (nSPS) is 10.9. The van der Waals surface area contributed by atoms with E-state index in [0.717, 1.165) is 10.9 Å². The molecule has 4 aromatic rings. The minimum absolute atomic E-state index is 0.0930. The number of hydrogen-bond donors (Lipinski definition) is 2. The minimum Gasteiger partial charge on any atom is -0.497 e. The van der Waals surface area contributed by atoms with Gasteiger partial charge < -0.3 is 19.9 Å². The molecular formula is C24H24FN5O3. The van der Waals surface area contributed by atoms with E-state index in [1.807, 2.05) is 6.07 Å². The lowest BCUT2D eigenvalue weighted by Gasteiger charge is -2.23. The molecule has 0 fully saturated rings. The molecule has 0 bridgehead atoms. The van der Waals surface area contributed by atoms with E-state index in [-0.39, 0.29) is 24.0 Å². The van der Waals surface area contributed by atoms with Gasteiger partial charge in [0, 0.05) is 36.3 Å². The highest BCUT2D eigenvalue weighted by atomic mass is 19.1. The number of nitrogens with one attached hydrogen (secondary N) is 2. The summed E-state index contributed by atoms with van der Waals surface area (Å²) in [5.74, 6) is 0.353. The molecule has 33 heavy (non-hydrogen) atoms. The Hall–Kier alpha value is -4.14. The SMILES string of the molecule is COc1ccc2[nH]c(=O)c(CN(CCc3ccc(F)cc3)C(=O)Nc3cnn(C)c3)cc2c1. The average Bonchev–Trinajstić information content (AvgIpc) is 3.21. The summed E-state index contributed by atoms with van der Waals surface area (Å²) in [6, 6.07) is 12.9. The van der Waals surface area contributed by atoms with Gasteiger partial charge in [-0.05, 0) is 48.4 Å². The predicted molar refractivity (Wildman–Crippen MR) is 124 cm³/mol. The van der Waals surface area contributed by atoms with Gasteiger partial charge >= 0.3 is 6.03 Å². The van der Waals surface area contributed by atoms with Crippen LogP contribution in [0.15, 0.2) is 65.7 Å². The highest BCUT2D eigenvalue weighted by Crippen LogP contribution is 2.19. The molecule has 2 aromatic carbocycles. The molecule has 170 valence electrons. The smallest absolute Gasteiger partial charge is 0.322 e. The zero-order chi connectivity index (χ0) is 23.4. The standard InChI is InChI=1S/C24H24FN5O3/c1-29-15-20(13-26-29)27-24(32)30(10-9-16-3-5-19(25)6-4-16)14-18-11-17-12-21(33-2)7-8-22(17)28-23(18)31/h3-8,11-13,15H,9-10,14H2,1-2H3,(H,27,32)(H,28,31). The second kappa shape index (κ2) is 9.56. The van der Waals surface area contributed by atoms with Gasteiger partial charge in [-0.3, -0.25) is 9.48 Å². The van der Waals surface area contributed by atoms with Gasteiger partial charge in [0.05, 0.1) is 25.5 Å². The maximum Gasteiger partial charge on any atom is 0.322 e. The average molecular weight is 449 g/mol. The van der Waals surface area contributed by atoms with E-state index in [4.69, 9.17) is 4.74 Å². The number of ether oxygens (including phenoxy) is 1. The van der Waals surface area contributed by atoms with Crippen LogP contribution >= 0.6 is 0 Å². The third kappa shape index (κ3) is 5.38. The van der Waals surface area contributed by atoms with E-state index in [1.54, 1.807) is 66.5 Å². The van der Waals surface area contributed by atoms with Gasteiger partial charge in [0.2, 0.25) is 0 Å². The van der Waals surface area contributed by atoms with Crippen molar-refractivity contribution < 1.29 is 13.9 Å². The van der Waals surface area contributed by atoms with Crippen molar-refractivity contribution in [3.05, 3.63) is 88.2 Å². The van der Waals surface area contributed by atoms with E-state index in [1.165, 1.54) is 12.1 Å². The molecule has 2 aromatic heterocycles. The Morgan fingerprint density at radius 2 is 2.00 bits per heavy atom. The van der Waals surface area contributed by atoms with Crippen molar-refractivity contribution in [1.82, 2.24) is 19.7 Å². The first-order chi connectivity index (χ1) is 15.9. The van der Waals surface area contributed by atoms with Crippen LogP contribution in [0.5, 0.6) is 5.75 Å². The number of rotatable bonds is 7. The molecule has 0 radical (unpaired) electrons. The molecule has 0 saturated heterocycles. The summed E-state index contributed by atoms with van der Waals surface area (Å²) in [6.07, 6.45) is 3.73. The third-order valence-electron chi connectivity index (χ3n) is 5.32. The molecule has 2 amide bonds. The third-order valence-corrected chi connectivity index (χ3v) is 5.32. The first-order valence-electron chi connectivity index (χ1n) is 10.4. The largest absolute Gasteiger partial charge is 0.497 e. The summed E-state index contributed by atoms with van der Waals surface area (Å²) in [6.45, 7) is 0.420. The van der Waals surface area contributed by atoms with Crippen molar-refractivity contribution in [2.24, 2.45) is 7.05 Å². The van der Waals surface area contributed by atoms with E-state index < -0.39 is 0 Å². The van der Waals surface area contributed by atoms with E-state index in [2.05, 4.69) is 15.4 Å². The lowest BCUT2D eigenvalue weighted by Crippen LogP contribution is -2.37. The Bertz CT molecular complexity index is 1330. The van der Waals surface area contributed by atoms with Gasteiger partial charge in [-0.1, -0.05) is 12.1 Å². The fourth-order valence-corrected chi connectivity index (χ4v) is 3.54. The monoisotopic (exact) mass is 449 g/mol. The number of urea groups is 1. The number of aromatic nitrogens is 3. The van der Waals surface area contributed by atoms with Gasteiger partial charge in [0.1, 0.15) is 11.6 Å². The summed E-state index contributed by atoms with van der Waals surface area (Å²) >= 11 is 0. The molecule has 9 heteroatoms. The Morgan fingerprint density at radius 3 is 2.70 bits per heavy atom. The summed E-state index contributed by atoms with van der Waals surface area (Å²) in [4.78, 5) is 30.2. The van der Waals surface area contributed by atoms with Crippen LogP contribution in [-0.2, 0) is 20.0 Å². The number of halogens is 1. The summed E-state index contributed by atoms with van der Waals surface area (Å²) in [5, 5.41) is 7.68. The van der Waals surface area contributed by atoms with Crippen LogP contribution in [0.2, 0.25) is 0 Å². The van der Waals surface area contributed by atoms with Crippen LogP contribution < -0.4 is 15.6 Å². The number of benzene rings is 2. The van der Waals surface area contributed by atoms with Crippen LogP contribution in [0.3, 0.4) is 0 Å². The molecule has 4 rings (SSSR count). The molecule has 8 nitrogen and oxygen atoms in total. The zero-order valence-electron chi connectivity index (χ0n) is 18.3. The Kier molecular flexibility index (Phi) is 6.39. The molecule has 0 saturated carbocycles. The number of nitrogens with zero attached hydrogens (tertiary/aromatic N) is 3. The molecule has 0 aliphatic rings. The Morgan fingerprint density at radius 1 is 1.21 bits per heavy atom. The Balaban J connectivity index is 1.60. The highest BCUT2D eigenvalue weighted by molar-refractivity contribution is 5.89. The lowest BCUT2D eigenvalue weighted by atomic mass is 10.1. The number of hydrogen-bond acceptors (Lipinski definition) is 4. The first-order valence-corrected chi connectivity index (χ1v) is 10.4. The number of anilines is 1. The maximum atomic E-state index is 13.2. The second-order valence-electron chi connectivity index (χ2n) is 7.71. The summed E-state index contributed by atoms with van der Waals surface area (Å²) in [7, 11) is 3.33. The van der Waals surface area contributed by atoms with E-state index in [9.17, 15) is 14.0 Å². The second-order valence-corrected chi connectivity index (χ2v) is 7.71. The van der Waals surface area contributed by atoms with Crippen molar-refractivity contribution in [3.63, 3.8) is 0 Å². The number of carbonyl (C=O) groups is 1. The number of aryl methyl sites for hydroxylation is 1. The fourth-order valence-electron chi connectivity index (χ4n) is 3.54. The number of methoxy groups -OCH3 is 1. The molecule has 0 spiro atoms. The number of carbonyl (C=O) groups excluding carboxylic acids is 1. The van der Waals surface area contributed by atoms with Gasteiger partial charge in [-0.2, -0.15) is 5.10 Å². The molecule has 2 N–H and O–H groups in total. The molecule has 0 aliphatic carbocycles. The molecule has 0 unspecified atom stereocenters. The van der Waals surface area contributed by atoms with Crippen LogP contribution in [0.25, 0.3) is 10.9 Å². The van der Waals surface area contributed by atoms with Crippen molar-refractivity contribution in [3.8, 4) is 5.75 Å². The number of pyridine rings is 1. The zero-order valence-corrected chi connectivity index (χ0v) is 18.3. The number of amides is 2. The van der Waals surface area contributed by atoms with Crippen LogP contribution in [0.1, 0.15) is 11.1 Å². The molecule has 2 heterocycles. The fraction of sp³-hybridized carbons (Fsp3) is 0.208. The summed E-state index contributed by atoms with van der Waals surface area (Å²) < 4.78 is 20.1. The van der Waals surface area contributed by atoms with Gasteiger partial charge in [0.15, 0.2) is 0 Å². The quantitative estimate of drug-likeness (QED) is 0.450. The maximum absolute atomic E-state index is 13.2. The predicted octanol–water partition coefficient (Wildman–Crippen LogP) is 3.69. The van der Waals surface area contributed by atoms with E-state index in [0.29, 0.717) is 35.5 Å². The summed E-state index contributed by atoms with van der Waals surface area (Å²) in [5.41, 5.74) is 2.28. The van der Waals surface area contributed by atoms with Crippen LogP contribution in [0.4, 0.5) is 14.9 Å². The topological polar surface area (TPSA) is 92.2 Å². The van der Waals surface area contributed by atoms with Gasteiger partial charge in [0.25, 0.3) is 5.56 Å². The van der Waals surface area contributed by atoms with Crippen molar-refractivity contribution in [1.29, 1.82) is 0 Å².